The number of ether oxygens (including phenoxy) is 6. The Labute approximate surface area is 259 Å². The van der Waals surface area contributed by atoms with Crippen molar-refractivity contribution in [3.8, 4) is 0 Å². The van der Waals surface area contributed by atoms with Crippen molar-refractivity contribution in [2.45, 2.75) is 93.9 Å². The SMILES string of the molecule is COC(=O)[C@]1(Sc2ccccc2)C[C@H](OCC(=O)OC(C)(C)C)[C@@H](NC(C)=O)[C@H]([C@H](OC(C)=O)[C@@H](CN=[N+]=[N-])OC(C)=O)O1. The van der Waals surface area contributed by atoms with Crippen LogP contribution in [0.5, 0.6) is 0 Å². The van der Waals surface area contributed by atoms with Crippen LogP contribution >= 0.6 is 11.8 Å². The van der Waals surface area contributed by atoms with Gasteiger partial charge in [-0.3, -0.25) is 14.4 Å². The average molecular weight is 639 g/mol. The van der Waals surface area contributed by atoms with Gasteiger partial charge in [-0.2, -0.15) is 0 Å². The smallest absolute Gasteiger partial charge is 0.349 e. The lowest BCUT2D eigenvalue weighted by Gasteiger charge is -2.49. The van der Waals surface area contributed by atoms with Gasteiger partial charge in [0.25, 0.3) is 0 Å². The zero-order valence-electron chi connectivity index (χ0n) is 25.6. The summed E-state index contributed by atoms with van der Waals surface area (Å²) in [5, 5.41) is 6.17. The minimum absolute atomic E-state index is 0.259. The third-order valence-electron chi connectivity index (χ3n) is 5.91. The third-order valence-corrected chi connectivity index (χ3v) is 7.18. The molecule has 1 aliphatic heterocycles. The summed E-state index contributed by atoms with van der Waals surface area (Å²) in [6.07, 6.45) is -5.86. The molecule has 44 heavy (non-hydrogen) atoms. The molecule has 1 aliphatic rings. The number of thioether (sulfide) groups is 1. The first-order valence-corrected chi connectivity index (χ1v) is 14.4. The minimum Gasteiger partial charge on any atom is -0.466 e. The van der Waals surface area contributed by atoms with E-state index in [9.17, 15) is 24.0 Å². The van der Waals surface area contributed by atoms with E-state index in [2.05, 4.69) is 15.3 Å². The highest BCUT2D eigenvalue weighted by molar-refractivity contribution is 8.01. The zero-order chi connectivity index (χ0) is 33.1. The van der Waals surface area contributed by atoms with Gasteiger partial charge in [-0.05, 0) is 38.4 Å². The van der Waals surface area contributed by atoms with Gasteiger partial charge in [0.15, 0.2) is 6.10 Å². The normalized spacial score (nSPS) is 22.8. The van der Waals surface area contributed by atoms with Crippen molar-refractivity contribution in [3.63, 3.8) is 0 Å². The Kier molecular flexibility index (Phi) is 13.5. The van der Waals surface area contributed by atoms with Gasteiger partial charge in [-0.25, -0.2) is 9.59 Å². The lowest BCUT2D eigenvalue weighted by molar-refractivity contribution is -0.221. The van der Waals surface area contributed by atoms with Crippen LogP contribution in [0.25, 0.3) is 10.4 Å². The van der Waals surface area contributed by atoms with E-state index in [1.165, 1.54) is 6.92 Å². The number of esters is 4. The summed E-state index contributed by atoms with van der Waals surface area (Å²) in [6.45, 7) is 7.35. The molecule has 0 spiro atoms. The monoisotopic (exact) mass is 638 g/mol. The second-order valence-corrected chi connectivity index (χ2v) is 12.1. The lowest BCUT2D eigenvalue weighted by atomic mass is 9.89. The fraction of sp³-hybridized carbons (Fsp3) is 0.607. The number of hydrogen-bond acceptors (Lipinski definition) is 13. The predicted molar refractivity (Wildman–Crippen MR) is 155 cm³/mol. The van der Waals surface area contributed by atoms with E-state index in [0.29, 0.717) is 4.90 Å². The first-order valence-electron chi connectivity index (χ1n) is 13.6. The topological polar surface area (TPSA) is 202 Å². The first-order chi connectivity index (χ1) is 20.6. The van der Waals surface area contributed by atoms with Crippen LogP contribution in [0.1, 0.15) is 48.0 Å². The average Bonchev–Trinajstić information content (AvgIpc) is 2.92. The summed E-state index contributed by atoms with van der Waals surface area (Å²) in [6, 6.07) is 7.49. The maximum Gasteiger partial charge on any atom is 0.349 e. The Morgan fingerprint density at radius 3 is 2.27 bits per heavy atom. The van der Waals surface area contributed by atoms with Crippen LogP contribution in [-0.4, -0.2) is 91.0 Å². The number of carbonyl (C=O) groups excluding carboxylic acids is 5. The molecule has 0 unspecified atom stereocenters. The molecule has 0 aliphatic carbocycles. The van der Waals surface area contributed by atoms with Crippen LogP contribution in [0.2, 0.25) is 0 Å². The summed E-state index contributed by atoms with van der Waals surface area (Å²) in [5.41, 5.74) is 8.16. The van der Waals surface area contributed by atoms with Gasteiger partial charge in [-0.1, -0.05) is 35.1 Å². The standard InChI is InChI=1S/C28H38N4O11S/c1-16(33)31-23-20(39-15-22(36)42-27(4,5)6)13-28(26(37)38-7,44-19-11-9-8-10-12-19)43-25(23)24(41-18(3)35)21(14-30-32-29)40-17(2)34/h8-12,20-21,23-25H,13-15H2,1-7H3,(H,31,33)/t20-,21+,23+,24+,25+,28+/m0/s1. The molecule has 0 bridgehead atoms. The molecular weight excluding hydrogens is 600 g/mol. The Morgan fingerprint density at radius 2 is 1.75 bits per heavy atom. The molecule has 1 aromatic carbocycles. The van der Waals surface area contributed by atoms with Gasteiger partial charge >= 0.3 is 23.9 Å². The van der Waals surface area contributed by atoms with Crippen molar-refractivity contribution in [3.05, 3.63) is 40.8 Å². The van der Waals surface area contributed by atoms with Crippen LogP contribution in [0, 0.1) is 0 Å². The molecule has 1 N–H and O–H groups in total. The maximum atomic E-state index is 13.5. The molecule has 1 amide bonds. The third kappa shape index (κ3) is 11.0. The van der Waals surface area contributed by atoms with E-state index in [4.69, 9.17) is 34.0 Å². The van der Waals surface area contributed by atoms with Crippen molar-refractivity contribution in [2.24, 2.45) is 5.11 Å². The van der Waals surface area contributed by atoms with Crippen LogP contribution in [0.3, 0.4) is 0 Å². The molecule has 0 saturated carbocycles. The highest BCUT2D eigenvalue weighted by atomic mass is 32.2. The highest BCUT2D eigenvalue weighted by Crippen LogP contribution is 2.45. The zero-order valence-corrected chi connectivity index (χ0v) is 26.5. The summed E-state index contributed by atoms with van der Waals surface area (Å²) in [5.74, 6) is -3.78. The Morgan fingerprint density at radius 1 is 1.11 bits per heavy atom. The van der Waals surface area contributed by atoms with E-state index in [1.54, 1.807) is 51.1 Å². The Bertz CT molecular complexity index is 1230. The molecule has 1 fully saturated rings. The van der Waals surface area contributed by atoms with Gasteiger partial charge < -0.3 is 33.7 Å². The van der Waals surface area contributed by atoms with Crippen molar-refractivity contribution in [1.82, 2.24) is 5.32 Å². The number of hydrogen-bond donors (Lipinski definition) is 1. The number of nitrogens with zero attached hydrogens (tertiary/aromatic N) is 3. The molecule has 2 rings (SSSR count). The van der Waals surface area contributed by atoms with Crippen molar-refractivity contribution < 1.29 is 52.4 Å². The number of carbonyl (C=O) groups is 5. The van der Waals surface area contributed by atoms with E-state index in [0.717, 1.165) is 32.7 Å². The second-order valence-electron chi connectivity index (χ2n) is 10.7. The van der Waals surface area contributed by atoms with Crippen LogP contribution in [0.15, 0.2) is 40.3 Å². The Balaban J connectivity index is 2.76. The highest BCUT2D eigenvalue weighted by Gasteiger charge is 2.58. The van der Waals surface area contributed by atoms with Crippen LogP contribution in [-0.2, 0) is 52.4 Å². The van der Waals surface area contributed by atoms with E-state index >= 15 is 0 Å². The minimum atomic E-state index is -1.90. The van der Waals surface area contributed by atoms with Crippen LogP contribution < -0.4 is 5.32 Å². The van der Waals surface area contributed by atoms with E-state index in [1.807, 2.05) is 0 Å². The molecule has 16 heteroatoms. The molecule has 0 aromatic heterocycles. The fourth-order valence-corrected chi connectivity index (χ4v) is 5.74. The molecule has 6 atom stereocenters. The number of rotatable bonds is 13. The number of nitrogens with one attached hydrogen (secondary N) is 1. The van der Waals surface area contributed by atoms with Crippen molar-refractivity contribution in [1.29, 1.82) is 0 Å². The quantitative estimate of drug-likeness (QED) is 0.109. The second kappa shape index (κ2) is 16.3. The largest absolute Gasteiger partial charge is 0.466 e. The molecule has 1 aromatic rings. The van der Waals surface area contributed by atoms with Gasteiger partial charge in [0.05, 0.1) is 25.8 Å². The van der Waals surface area contributed by atoms with E-state index < -0.39 is 83.9 Å². The number of azide groups is 1. The van der Waals surface area contributed by atoms with Gasteiger partial charge in [-0.15, -0.1) is 0 Å². The Hall–Kier alpha value is -3.85. The predicted octanol–water partition coefficient (Wildman–Crippen LogP) is 2.84. The number of methoxy groups -OCH3 is 1. The summed E-state index contributed by atoms with van der Waals surface area (Å²) < 4.78 is 33.9. The molecule has 242 valence electrons. The van der Waals surface area contributed by atoms with Gasteiger partial charge in [0.2, 0.25) is 10.8 Å². The lowest BCUT2D eigenvalue weighted by Crippen LogP contribution is -2.67. The summed E-state index contributed by atoms with van der Waals surface area (Å²) in [4.78, 5) is 64.5. The summed E-state index contributed by atoms with van der Waals surface area (Å²) in [7, 11) is 1.15. The van der Waals surface area contributed by atoms with Gasteiger partial charge in [0.1, 0.15) is 24.4 Å². The molecule has 1 heterocycles. The molecule has 1 saturated heterocycles. The number of amides is 1. The molecule has 0 radical (unpaired) electrons. The van der Waals surface area contributed by atoms with E-state index in [-0.39, 0.29) is 6.42 Å². The molecular formula is C28H38N4O11S. The van der Waals surface area contributed by atoms with Crippen LogP contribution in [0.4, 0.5) is 0 Å². The number of benzene rings is 1. The first kappa shape index (κ1) is 36.3. The van der Waals surface area contributed by atoms with Crippen molar-refractivity contribution in [2.75, 3.05) is 20.3 Å². The maximum absolute atomic E-state index is 13.5. The van der Waals surface area contributed by atoms with Crippen molar-refractivity contribution >= 4 is 41.5 Å². The summed E-state index contributed by atoms with van der Waals surface area (Å²) >= 11 is 0.961. The fourth-order valence-electron chi connectivity index (χ4n) is 4.49. The van der Waals surface area contributed by atoms with Gasteiger partial charge in [0, 0.05) is 37.0 Å². The molecule has 15 nitrogen and oxygen atoms in total.